The van der Waals surface area contributed by atoms with Crippen LogP contribution in [0, 0.1) is 5.92 Å². The number of aliphatic hydroxyl groups excluding tert-OH is 1. The Hall–Kier alpha value is -0.560. The highest BCUT2D eigenvalue weighted by Gasteiger charge is 2.25. The van der Waals surface area contributed by atoms with Crippen molar-refractivity contribution in [1.82, 2.24) is 0 Å². The lowest BCUT2D eigenvalue weighted by atomic mass is 9.96. The third kappa shape index (κ3) is 2.21. The molecular formula is C11H18O. The van der Waals surface area contributed by atoms with Crippen LogP contribution in [0.1, 0.15) is 33.1 Å². The van der Waals surface area contributed by atoms with Crippen LogP contribution < -0.4 is 0 Å². The third-order valence-corrected chi connectivity index (χ3v) is 2.62. The lowest BCUT2D eigenvalue weighted by Gasteiger charge is -2.14. The van der Waals surface area contributed by atoms with Gasteiger partial charge >= 0.3 is 0 Å². The maximum absolute atomic E-state index is 9.59. The molecule has 0 radical (unpaired) electrons. The van der Waals surface area contributed by atoms with E-state index in [1.54, 1.807) is 0 Å². The van der Waals surface area contributed by atoms with Gasteiger partial charge in [-0.1, -0.05) is 30.2 Å². The molecule has 0 unspecified atom stereocenters. The molecule has 2 atom stereocenters. The van der Waals surface area contributed by atoms with Crippen molar-refractivity contribution in [2.75, 3.05) is 0 Å². The second kappa shape index (κ2) is 4.46. The van der Waals surface area contributed by atoms with Crippen molar-refractivity contribution in [2.24, 2.45) is 5.92 Å². The van der Waals surface area contributed by atoms with Gasteiger partial charge in [0.15, 0.2) is 0 Å². The molecule has 1 N–H and O–H groups in total. The van der Waals surface area contributed by atoms with E-state index in [2.05, 4.69) is 13.0 Å². The summed E-state index contributed by atoms with van der Waals surface area (Å²) in [5, 5.41) is 9.59. The number of allylic oxidation sites excluding steroid dienone is 3. The molecule has 0 aromatic carbocycles. The van der Waals surface area contributed by atoms with Gasteiger partial charge in [0.05, 0.1) is 6.10 Å². The van der Waals surface area contributed by atoms with Crippen LogP contribution in [-0.2, 0) is 0 Å². The van der Waals surface area contributed by atoms with Crippen LogP contribution in [0.15, 0.2) is 23.8 Å². The van der Waals surface area contributed by atoms with Crippen molar-refractivity contribution >= 4 is 0 Å². The molecule has 1 fully saturated rings. The molecule has 68 valence electrons. The van der Waals surface area contributed by atoms with Gasteiger partial charge in [0.25, 0.3) is 0 Å². The quantitative estimate of drug-likeness (QED) is 0.625. The Labute approximate surface area is 74.8 Å². The van der Waals surface area contributed by atoms with Crippen LogP contribution in [0.25, 0.3) is 0 Å². The van der Waals surface area contributed by atoms with Crippen molar-refractivity contribution < 1.29 is 5.11 Å². The maximum Gasteiger partial charge on any atom is 0.0605 e. The molecule has 1 aliphatic rings. The van der Waals surface area contributed by atoms with Gasteiger partial charge in [-0.3, -0.25) is 0 Å². The first-order valence-corrected chi connectivity index (χ1v) is 4.73. The Morgan fingerprint density at radius 3 is 2.67 bits per heavy atom. The molecule has 1 nitrogen and oxygen atoms in total. The Kier molecular flexibility index (Phi) is 3.54. The monoisotopic (exact) mass is 166 g/mol. The molecule has 0 heterocycles. The molecular weight excluding hydrogens is 148 g/mol. The zero-order valence-electron chi connectivity index (χ0n) is 7.96. The highest BCUT2D eigenvalue weighted by atomic mass is 16.3. The second-order valence-corrected chi connectivity index (χ2v) is 3.54. The summed E-state index contributed by atoms with van der Waals surface area (Å²) in [7, 11) is 0. The Morgan fingerprint density at radius 2 is 2.17 bits per heavy atom. The minimum Gasteiger partial charge on any atom is -0.393 e. The molecule has 1 rings (SSSR count). The molecule has 0 aliphatic heterocycles. The number of aliphatic hydroxyl groups is 1. The molecule has 0 bridgehead atoms. The summed E-state index contributed by atoms with van der Waals surface area (Å²) in [4.78, 5) is 0. The summed E-state index contributed by atoms with van der Waals surface area (Å²) in [6, 6.07) is 0. The SMILES string of the molecule is C/C=C/C=C(\C)[C@H]1CCC[C@H]1O. The van der Waals surface area contributed by atoms with E-state index in [1.807, 2.05) is 19.1 Å². The molecule has 1 heteroatoms. The first-order valence-electron chi connectivity index (χ1n) is 4.73. The minimum atomic E-state index is -0.0912. The van der Waals surface area contributed by atoms with E-state index in [0.29, 0.717) is 5.92 Å². The summed E-state index contributed by atoms with van der Waals surface area (Å²) >= 11 is 0. The van der Waals surface area contributed by atoms with E-state index in [4.69, 9.17) is 0 Å². The van der Waals surface area contributed by atoms with E-state index in [9.17, 15) is 5.11 Å². The molecule has 12 heavy (non-hydrogen) atoms. The van der Waals surface area contributed by atoms with Crippen LogP contribution in [0.2, 0.25) is 0 Å². The average molecular weight is 166 g/mol. The number of hydrogen-bond donors (Lipinski definition) is 1. The summed E-state index contributed by atoms with van der Waals surface area (Å²) < 4.78 is 0. The van der Waals surface area contributed by atoms with Crippen LogP contribution in [0.5, 0.6) is 0 Å². The normalized spacial score (nSPS) is 31.8. The van der Waals surface area contributed by atoms with Crippen LogP contribution in [-0.4, -0.2) is 11.2 Å². The van der Waals surface area contributed by atoms with E-state index in [0.717, 1.165) is 12.8 Å². The van der Waals surface area contributed by atoms with Gasteiger partial charge in [0.2, 0.25) is 0 Å². The Morgan fingerprint density at radius 1 is 1.42 bits per heavy atom. The van der Waals surface area contributed by atoms with Gasteiger partial charge in [-0.2, -0.15) is 0 Å². The first kappa shape index (κ1) is 9.53. The van der Waals surface area contributed by atoms with E-state index < -0.39 is 0 Å². The van der Waals surface area contributed by atoms with Gasteiger partial charge in [-0.05, 0) is 26.7 Å². The fourth-order valence-corrected chi connectivity index (χ4v) is 1.84. The first-order chi connectivity index (χ1) is 5.75. The van der Waals surface area contributed by atoms with Gasteiger partial charge < -0.3 is 5.11 Å². The molecule has 0 saturated heterocycles. The molecule has 0 aromatic heterocycles. The van der Waals surface area contributed by atoms with Crippen molar-refractivity contribution in [3.05, 3.63) is 23.8 Å². The van der Waals surface area contributed by atoms with Crippen molar-refractivity contribution in [3.8, 4) is 0 Å². The lowest BCUT2D eigenvalue weighted by molar-refractivity contribution is 0.148. The fraction of sp³-hybridized carbons (Fsp3) is 0.636. The standard InChI is InChI=1S/C11H18O/c1-3-4-6-9(2)10-7-5-8-11(10)12/h3-4,6,10-12H,5,7-8H2,1-2H3/b4-3+,9-6+/t10-,11-/m1/s1. The van der Waals surface area contributed by atoms with Crippen molar-refractivity contribution in [3.63, 3.8) is 0 Å². The number of rotatable bonds is 2. The van der Waals surface area contributed by atoms with Gasteiger partial charge in [0.1, 0.15) is 0 Å². The van der Waals surface area contributed by atoms with Gasteiger partial charge in [-0.15, -0.1) is 0 Å². The van der Waals surface area contributed by atoms with Gasteiger partial charge in [-0.25, -0.2) is 0 Å². The average Bonchev–Trinajstić information content (AvgIpc) is 2.47. The minimum absolute atomic E-state index is 0.0912. The zero-order valence-corrected chi connectivity index (χ0v) is 7.96. The summed E-state index contributed by atoms with van der Waals surface area (Å²) in [6.07, 6.45) is 9.38. The van der Waals surface area contributed by atoms with Crippen LogP contribution >= 0.6 is 0 Å². The Balaban J connectivity index is 2.56. The topological polar surface area (TPSA) is 20.2 Å². The largest absolute Gasteiger partial charge is 0.393 e. The predicted molar refractivity (Wildman–Crippen MR) is 51.9 cm³/mol. The van der Waals surface area contributed by atoms with Crippen LogP contribution in [0.3, 0.4) is 0 Å². The molecule has 0 amide bonds. The zero-order chi connectivity index (χ0) is 8.97. The molecule has 1 aliphatic carbocycles. The van der Waals surface area contributed by atoms with Crippen molar-refractivity contribution in [1.29, 1.82) is 0 Å². The molecule has 1 saturated carbocycles. The number of hydrogen-bond acceptors (Lipinski definition) is 1. The summed E-state index contributed by atoms with van der Waals surface area (Å²) in [5.74, 6) is 0.418. The van der Waals surface area contributed by atoms with Gasteiger partial charge in [0, 0.05) is 5.92 Å². The van der Waals surface area contributed by atoms with E-state index >= 15 is 0 Å². The summed E-state index contributed by atoms with van der Waals surface area (Å²) in [6.45, 7) is 4.12. The Bertz CT molecular complexity index is 191. The highest BCUT2D eigenvalue weighted by molar-refractivity contribution is 5.15. The highest BCUT2D eigenvalue weighted by Crippen LogP contribution is 2.31. The van der Waals surface area contributed by atoms with E-state index in [1.165, 1.54) is 12.0 Å². The summed E-state index contributed by atoms with van der Waals surface area (Å²) in [5.41, 5.74) is 1.32. The molecule has 0 spiro atoms. The third-order valence-electron chi connectivity index (χ3n) is 2.62. The lowest BCUT2D eigenvalue weighted by Crippen LogP contribution is -2.13. The van der Waals surface area contributed by atoms with E-state index in [-0.39, 0.29) is 6.10 Å². The van der Waals surface area contributed by atoms with Crippen LogP contribution in [0.4, 0.5) is 0 Å². The smallest absolute Gasteiger partial charge is 0.0605 e. The maximum atomic E-state index is 9.59. The predicted octanol–water partition coefficient (Wildman–Crippen LogP) is 2.67. The fourth-order valence-electron chi connectivity index (χ4n) is 1.84. The molecule has 0 aromatic rings. The second-order valence-electron chi connectivity index (χ2n) is 3.54. The van der Waals surface area contributed by atoms with Crippen molar-refractivity contribution in [2.45, 2.75) is 39.2 Å².